The Bertz CT molecular complexity index is 877. The lowest BCUT2D eigenvalue weighted by atomic mass is 10.0. The topological polar surface area (TPSA) is 90.2 Å². The molecule has 144 valence electrons. The van der Waals surface area contributed by atoms with Gasteiger partial charge < -0.3 is 20.9 Å². The van der Waals surface area contributed by atoms with Gasteiger partial charge in [0.15, 0.2) is 11.6 Å². The number of carbonyl (C=O) groups excluding carboxylic acids is 1. The molecule has 1 amide bonds. The zero-order valence-corrected chi connectivity index (χ0v) is 15.0. The molecule has 1 atom stereocenters. The molecule has 0 bridgehead atoms. The lowest BCUT2D eigenvalue weighted by molar-refractivity contribution is -0.133. The van der Waals surface area contributed by atoms with Crippen molar-refractivity contribution in [2.75, 3.05) is 12.3 Å². The van der Waals surface area contributed by atoms with Crippen LogP contribution in [-0.4, -0.2) is 32.9 Å². The molecule has 8 heteroatoms. The number of imidazole rings is 1. The Morgan fingerprint density at radius 2 is 2.04 bits per heavy atom. The fraction of sp³-hybridized carbons (Fsp3) is 0.474. The molecule has 1 saturated carbocycles. The molecule has 27 heavy (non-hydrogen) atoms. The zero-order chi connectivity index (χ0) is 19.1. The lowest BCUT2D eigenvalue weighted by Gasteiger charge is -2.29. The van der Waals surface area contributed by atoms with E-state index in [9.17, 15) is 13.6 Å². The molecule has 4 rings (SSSR count). The molecule has 1 aliphatic carbocycles. The smallest absolute Gasteiger partial charge is 0.224 e. The first kappa shape index (κ1) is 17.9. The van der Waals surface area contributed by atoms with Crippen molar-refractivity contribution in [1.29, 1.82) is 0 Å². The highest BCUT2D eigenvalue weighted by atomic mass is 19.2. The fourth-order valence-corrected chi connectivity index (χ4v) is 3.64. The molecule has 4 N–H and O–H groups in total. The molecule has 1 aliphatic heterocycles. The number of nitrogens with zero attached hydrogens (tertiary/aromatic N) is 3. The van der Waals surface area contributed by atoms with E-state index in [1.54, 1.807) is 4.90 Å². The van der Waals surface area contributed by atoms with E-state index in [2.05, 4.69) is 4.98 Å². The Labute approximate surface area is 156 Å². The molecule has 2 heterocycles. The van der Waals surface area contributed by atoms with Crippen LogP contribution in [0.2, 0.25) is 0 Å². The van der Waals surface area contributed by atoms with Gasteiger partial charge in [-0.3, -0.25) is 4.79 Å². The van der Waals surface area contributed by atoms with E-state index >= 15 is 0 Å². The van der Waals surface area contributed by atoms with Crippen molar-refractivity contribution in [3.63, 3.8) is 0 Å². The number of hydrogen-bond acceptors (Lipinski definition) is 4. The monoisotopic (exact) mass is 375 g/mol. The second-order valence-corrected chi connectivity index (χ2v) is 7.46. The van der Waals surface area contributed by atoms with Crippen LogP contribution in [0.5, 0.6) is 0 Å². The quantitative estimate of drug-likeness (QED) is 0.835. The van der Waals surface area contributed by atoms with Gasteiger partial charge in [0.2, 0.25) is 5.91 Å². The first-order valence-corrected chi connectivity index (χ1v) is 9.24. The van der Waals surface area contributed by atoms with E-state index in [1.807, 2.05) is 4.57 Å². The number of nitrogen functional groups attached to an aromatic ring is 1. The lowest BCUT2D eigenvalue weighted by Crippen LogP contribution is -2.41. The van der Waals surface area contributed by atoms with Crippen molar-refractivity contribution in [2.24, 2.45) is 5.73 Å². The van der Waals surface area contributed by atoms with Gasteiger partial charge in [0.1, 0.15) is 11.6 Å². The van der Waals surface area contributed by atoms with Crippen LogP contribution in [0.25, 0.3) is 0 Å². The average molecular weight is 375 g/mol. The molecule has 2 aliphatic rings. The average Bonchev–Trinajstić information content (AvgIpc) is 3.42. The summed E-state index contributed by atoms with van der Waals surface area (Å²) in [6, 6.07) is 3.23. The highest BCUT2D eigenvalue weighted by molar-refractivity contribution is 5.77. The third kappa shape index (κ3) is 3.66. The second kappa shape index (κ2) is 6.92. The molecule has 1 aromatic heterocycles. The fourth-order valence-electron chi connectivity index (χ4n) is 3.64. The Morgan fingerprint density at radius 3 is 2.74 bits per heavy atom. The highest BCUT2D eigenvalue weighted by Gasteiger charge is 2.33. The van der Waals surface area contributed by atoms with Crippen molar-refractivity contribution >= 4 is 11.7 Å². The van der Waals surface area contributed by atoms with Crippen LogP contribution < -0.4 is 11.5 Å². The maximum atomic E-state index is 13.3. The predicted molar refractivity (Wildman–Crippen MR) is 96.7 cm³/mol. The third-order valence-electron chi connectivity index (χ3n) is 5.28. The Morgan fingerprint density at radius 1 is 1.26 bits per heavy atom. The van der Waals surface area contributed by atoms with Crippen molar-refractivity contribution in [1.82, 2.24) is 14.5 Å². The minimum Gasteiger partial charge on any atom is -0.384 e. The number of aromatic nitrogens is 2. The summed E-state index contributed by atoms with van der Waals surface area (Å²) in [6.45, 7) is 1.62. The second-order valence-electron chi connectivity index (χ2n) is 7.46. The van der Waals surface area contributed by atoms with Crippen LogP contribution in [0.1, 0.15) is 42.3 Å². The van der Waals surface area contributed by atoms with Gasteiger partial charge in [0, 0.05) is 31.5 Å². The normalized spacial score (nSPS) is 17.7. The van der Waals surface area contributed by atoms with Crippen molar-refractivity contribution in [3.05, 3.63) is 46.9 Å². The van der Waals surface area contributed by atoms with Crippen LogP contribution in [-0.2, 0) is 24.3 Å². The van der Waals surface area contributed by atoms with E-state index in [4.69, 9.17) is 11.5 Å². The summed E-state index contributed by atoms with van der Waals surface area (Å²) >= 11 is 0. The Kier molecular flexibility index (Phi) is 4.59. The van der Waals surface area contributed by atoms with Gasteiger partial charge in [-0.05, 0) is 37.0 Å². The summed E-state index contributed by atoms with van der Waals surface area (Å²) in [4.78, 5) is 19.0. The van der Waals surface area contributed by atoms with Gasteiger partial charge in [-0.25, -0.2) is 13.8 Å². The van der Waals surface area contributed by atoms with E-state index < -0.39 is 17.7 Å². The number of amides is 1. The number of fused-ring (bicyclic) bond motifs is 1. The van der Waals surface area contributed by atoms with Crippen LogP contribution in [0.4, 0.5) is 14.6 Å². The number of nitrogens with two attached hydrogens (primary N) is 2. The van der Waals surface area contributed by atoms with Crippen LogP contribution in [0.15, 0.2) is 18.2 Å². The third-order valence-corrected chi connectivity index (χ3v) is 5.28. The first-order valence-electron chi connectivity index (χ1n) is 9.24. The van der Waals surface area contributed by atoms with Gasteiger partial charge in [-0.15, -0.1) is 0 Å². The number of benzene rings is 1. The van der Waals surface area contributed by atoms with Gasteiger partial charge >= 0.3 is 0 Å². The standard InChI is InChI=1S/C19H23F2N5O/c20-14-4-1-11(8-15(14)21)7-13(22)9-17(27)25-5-6-26-16(10-25)24-18(19(26)23)12-2-3-12/h1,4,8,12-13H,2-3,5-7,9-10,22-23H2/t13-/m1/s1. The van der Waals surface area contributed by atoms with Gasteiger partial charge in [0.25, 0.3) is 0 Å². The molecule has 1 fully saturated rings. The van der Waals surface area contributed by atoms with Gasteiger partial charge in [-0.1, -0.05) is 6.07 Å². The summed E-state index contributed by atoms with van der Waals surface area (Å²) in [6.07, 6.45) is 2.71. The maximum Gasteiger partial charge on any atom is 0.224 e. The van der Waals surface area contributed by atoms with Crippen LogP contribution in [0.3, 0.4) is 0 Å². The summed E-state index contributed by atoms with van der Waals surface area (Å²) in [5.41, 5.74) is 13.8. The van der Waals surface area contributed by atoms with Gasteiger partial charge in [0.05, 0.1) is 12.2 Å². The predicted octanol–water partition coefficient (Wildman–Crippen LogP) is 1.92. The number of carbonyl (C=O) groups is 1. The minimum absolute atomic E-state index is 0.0640. The first-order chi connectivity index (χ1) is 12.9. The summed E-state index contributed by atoms with van der Waals surface area (Å²) in [5, 5.41) is 0. The summed E-state index contributed by atoms with van der Waals surface area (Å²) in [7, 11) is 0. The number of hydrogen-bond donors (Lipinski definition) is 2. The Hall–Kier alpha value is -2.48. The molecular weight excluding hydrogens is 352 g/mol. The van der Waals surface area contributed by atoms with E-state index in [1.165, 1.54) is 6.07 Å². The van der Waals surface area contributed by atoms with Crippen molar-refractivity contribution in [2.45, 2.75) is 50.7 Å². The summed E-state index contributed by atoms with van der Waals surface area (Å²) in [5.74, 6) is 0.162. The SMILES string of the molecule is Nc1c(C2CC2)nc2n1CCN(C(=O)C[C@H](N)Cc1ccc(F)c(F)c1)C2. The Balaban J connectivity index is 1.37. The number of anilines is 1. The minimum atomic E-state index is -0.905. The molecule has 0 saturated heterocycles. The van der Waals surface area contributed by atoms with E-state index in [0.29, 0.717) is 37.5 Å². The molecule has 0 radical (unpaired) electrons. The van der Waals surface area contributed by atoms with Crippen molar-refractivity contribution in [3.8, 4) is 0 Å². The summed E-state index contributed by atoms with van der Waals surface area (Å²) < 4.78 is 28.3. The maximum absolute atomic E-state index is 13.3. The number of halogens is 2. The van der Waals surface area contributed by atoms with Crippen LogP contribution >= 0.6 is 0 Å². The van der Waals surface area contributed by atoms with Crippen LogP contribution in [0, 0.1) is 11.6 Å². The molecule has 0 unspecified atom stereocenters. The highest BCUT2D eigenvalue weighted by Crippen LogP contribution is 2.42. The molecule has 6 nitrogen and oxygen atoms in total. The largest absolute Gasteiger partial charge is 0.384 e. The van der Waals surface area contributed by atoms with E-state index in [0.717, 1.165) is 42.3 Å². The molecular formula is C19H23F2N5O. The van der Waals surface area contributed by atoms with Gasteiger partial charge in [-0.2, -0.15) is 0 Å². The van der Waals surface area contributed by atoms with Crippen molar-refractivity contribution < 1.29 is 13.6 Å². The molecule has 1 aromatic carbocycles. The van der Waals surface area contributed by atoms with E-state index in [-0.39, 0.29) is 12.3 Å². The molecule has 0 spiro atoms. The molecule has 2 aromatic rings. The zero-order valence-electron chi connectivity index (χ0n) is 15.0. The number of rotatable bonds is 5.